The maximum absolute atomic E-state index is 2.67. The predicted molar refractivity (Wildman–Crippen MR) is 253 cm³/mol. The number of anilines is 5. The van der Waals surface area contributed by atoms with Gasteiger partial charge in [0.05, 0.1) is 5.69 Å². The lowest BCUT2D eigenvalue weighted by Crippen LogP contribution is -2.61. The molecule has 0 bridgehead atoms. The van der Waals surface area contributed by atoms with E-state index >= 15 is 0 Å². The van der Waals surface area contributed by atoms with Crippen molar-refractivity contribution in [3.63, 3.8) is 0 Å². The van der Waals surface area contributed by atoms with E-state index in [-0.39, 0.29) is 6.85 Å². The molecule has 2 aliphatic rings. The van der Waals surface area contributed by atoms with Crippen LogP contribution in [0.1, 0.15) is 50.7 Å². The van der Waals surface area contributed by atoms with Crippen LogP contribution in [-0.4, -0.2) is 6.85 Å². The van der Waals surface area contributed by atoms with Crippen molar-refractivity contribution in [3.05, 3.63) is 175 Å². The zero-order valence-corrected chi connectivity index (χ0v) is 34.0. The van der Waals surface area contributed by atoms with Crippen molar-refractivity contribution in [2.24, 2.45) is 0 Å². The van der Waals surface area contributed by atoms with Crippen molar-refractivity contribution in [3.8, 4) is 22.3 Å². The van der Waals surface area contributed by atoms with Crippen LogP contribution in [0.5, 0.6) is 0 Å². The van der Waals surface area contributed by atoms with E-state index in [1.807, 2.05) is 11.3 Å². The molecule has 0 fully saturated rings. The summed E-state index contributed by atoms with van der Waals surface area (Å²) in [5, 5.41) is 5.22. The first-order valence-electron chi connectivity index (χ1n) is 21.2. The second-order valence-electron chi connectivity index (χ2n) is 16.1. The molecule has 1 aromatic heterocycles. The average molecular weight is 765 g/mol. The molecule has 0 N–H and O–H groups in total. The highest BCUT2D eigenvalue weighted by atomic mass is 32.1. The third kappa shape index (κ3) is 5.53. The number of rotatable bonds is 9. The quantitative estimate of drug-likeness (QED) is 0.135. The number of hydrogen-bond donors (Lipinski definition) is 0. The third-order valence-electron chi connectivity index (χ3n) is 12.6. The van der Waals surface area contributed by atoms with E-state index in [1.165, 1.54) is 129 Å². The van der Waals surface area contributed by atoms with Gasteiger partial charge in [-0.05, 0) is 118 Å². The molecular formula is C54H45BN2S. The van der Waals surface area contributed by atoms with Gasteiger partial charge in [0.1, 0.15) is 0 Å². The summed E-state index contributed by atoms with van der Waals surface area (Å²) in [5.74, 6) is 0. The molecule has 9 aromatic rings. The number of aryl methyl sites for hydroxylation is 2. The summed E-state index contributed by atoms with van der Waals surface area (Å²) in [6.45, 7) is 4.51. The Labute approximate surface area is 346 Å². The van der Waals surface area contributed by atoms with Crippen molar-refractivity contribution in [2.75, 3.05) is 9.71 Å². The highest BCUT2D eigenvalue weighted by molar-refractivity contribution is 7.27. The molecule has 0 amide bonds. The lowest BCUT2D eigenvalue weighted by Gasteiger charge is -2.46. The Hall–Kier alpha value is -6.10. The van der Waals surface area contributed by atoms with Gasteiger partial charge in [-0.15, -0.1) is 11.3 Å². The minimum Gasteiger partial charge on any atom is -0.376 e. The third-order valence-corrected chi connectivity index (χ3v) is 13.8. The Morgan fingerprint density at radius 2 is 1.19 bits per heavy atom. The second kappa shape index (κ2) is 14.4. The molecule has 8 aromatic carbocycles. The molecule has 3 heterocycles. The van der Waals surface area contributed by atoms with Crippen molar-refractivity contribution < 1.29 is 0 Å². The maximum atomic E-state index is 2.67. The molecule has 4 heteroatoms. The summed E-state index contributed by atoms with van der Waals surface area (Å²) < 4.78 is 2.69. The fraction of sp³-hybridized carbons (Fsp3) is 0.148. The Kier molecular flexibility index (Phi) is 8.70. The Morgan fingerprint density at radius 3 is 2.02 bits per heavy atom. The van der Waals surface area contributed by atoms with Crippen LogP contribution in [0.15, 0.2) is 164 Å². The Balaban J connectivity index is 1.28. The van der Waals surface area contributed by atoms with Crippen molar-refractivity contribution >= 4 is 88.5 Å². The molecule has 280 valence electrons. The zero-order valence-electron chi connectivity index (χ0n) is 33.2. The van der Waals surface area contributed by atoms with E-state index in [0.717, 1.165) is 12.8 Å². The number of unbranched alkanes of at least 4 members (excludes halogenated alkanes) is 2. The van der Waals surface area contributed by atoms with Crippen molar-refractivity contribution in [1.29, 1.82) is 0 Å². The number of nitrogens with zero attached hydrogens (tertiary/aromatic N) is 2. The summed E-state index contributed by atoms with van der Waals surface area (Å²) in [6, 6.07) is 62.3. The molecule has 0 atom stereocenters. The van der Waals surface area contributed by atoms with Gasteiger partial charge < -0.3 is 9.71 Å². The molecule has 11 rings (SSSR count). The van der Waals surface area contributed by atoms with E-state index in [9.17, 15) is 0 Å². The molecule has 0 radical (unpaired) electrons. The standard InChI is InChI=1S/C54H45BN2S/c1-3-5-16-36-26-29-40(30-27-36)57-47-24-14-12-23-44(47)51-41-21-11-10-20-39(41)35-49-52(51)55(57)53-48(33-31-43-42-22-13-15-25-50(42)58-54(43)53)56(49)46-32-28-37(17-6-4-2)34-45(46)38-18-8-7-9-19-38/h7-15,18-35H,3-6,16-17H2,1-2H3. The van der Waals surface area contributed by atoms with E-state index in [1.54, 1.807) is 0 Å². The molecule has 0 saturated heterocycles. The van der Waals surface area contributed by atoms with Gasteiger partial charge in [-0.2, -0.15) is 0 Å². The summed E-state index contributed by atoms with van der Waals surface area (Å²) in [6.07, 6.45) is 6.94. The smallest absolute Gasteiger partial charge is 0.334 e. The molecular weight excluding hydrogens is 719 g/mol. The van der Waals surface area contributed by atoms with E-state index in [4.69, 9.17) is 0 Å². The topological polar surface area (TPSA) is 6.48 Å². The molecule has 2 nitrogen and oxygen atoms in total. The predicted octanol–water partition coefficient (Wildman–Crippen LogP) is 14.3. The number of benzene rings is 8. The van der Waals surface area contributed by atoms with Gasteiger partial charge in [0, 0.05) is 54.0 Å². The van der Waals surface area contributed by atoms with Gasteiger partial charge in [0.2, 0.25) is 0 Å². The minimum absolute atomic E-state index is 0.0574. The number of thiophene rings is 1. The van der Waals surface area contributed by atoms with Gasteiger partial charge in [-0.1, -0.05) is 142 Å². The summed E-state index contributed by atoms with van der Waals surface area (Å²) in [4.78, 5) is 5.30. The van der Waals surface area contributed by atoms with Gasteiger partial charge in [0.15, 0.2) is 0 Å². The van der Waals surface area contributed by atoms with E-state index in [2.05, 4.69) is 187 Å². The van der Waals surface area contributed by atoms with Gasteiger partial charge in [0.25, 0.3) is 0 Å². The normalized spacial score (nSPS) is 13.0. The average Bonchev–Trinajstić information content (AvgIpc) is 3.67. The van der Waals surface area contributed by atoms with E-state index in [0.29, 0.717) is 0 Å². The largest absolute Gasteiger partial charge is 0.376 e. The first kappa shape index (κ1) is 35.1. The first-order valence-corrected chi connectivity index (χ1v) is 22.0. The summed E-state index contributed by atoms with van der Waals surface area (Å²) in [7, 11) is 0. The highest BCUT2D eigenvalue weighted by Gasteiger charge is 2.47. The molecule has 0 saturated carbocycles. The number of para-hydroxylation sites is 1. The maximum Gasteiger partial charge on any atom is 0.334 e. The van der Waals surface area contributed by atoms with Gasteiger partial charge >= 0.3 is 6.85 Å². The number of hydrogen-bond acceptors (Lipinski definition) is 3. The lowest BCUT2D eigenvalue weighted by atomic mass is 9.43. The fourth-order valence-corrected chi connectivity index (χ4v) is 11.1. The van der Waals surface area contributed by atoms with Crippen LogP contribution < -0.4 is 20.6 Å². The zero-order chi connectivity index (χ0) is 38.7. The van der Waals surface area contributed by atoms with Crippen LogP contribution in [0, 0.1) is 0 Å². The van der Waals surface area contributed by atoms with Gasteiger partial charge in [-0.25, -0.2) is 0 Å². The van der Waals surface area contributed by atoms with Gasteiger partial charge in [-0.3, -0.25) is 0 Å². The van der Waals surface area contributed by atoms with Crippen LogP contribution in [-0.2, 0) is 12.8 Å². The lowest BCUT2D eigenvalue weighted by molar-refractivity contribution is 0.795. The molecule has 0 spiro atoms. The molecule has 2 aliphatic heterocycles. The highest BCUT2D eigenvalue weighted by Crippen LogP contribution is 2.51. The summed E-state index contributed by atoms with van der Waals surface area (Å²) in [5.41, 5.74) is 16.9. The first-order chi connectivity index (χ1) is 28.7. The molecule has 58 heavy (non-hydrogen) atoms. The fourth-order valence-electron chi connectivity index (χ4n) is 9.84. The molecule has 0 aliphatic carbocycles. The van der Waals surface area contributed by atoms with E-state index < -0.39 is 0 Å². The molecule has 0 unspecified atom stereocenters. The van der Waals surface area contributed by atoms with Crippen molar-refractivity contribution in [2.45, 2.75) is 52.4 Å². The Morgan fingerprint density at radius 1 is 0.500 bits per heavy atom. The Bertz CT molecular complexity index is 3000. The second-order valence-corrected chi connectivity index (χ2v) is 17.1. The number of fused-ring (bicyclic) bond motifs is 10. The van der Waals surface area contributed by atoms with Crippen LogP contribution in [0.25, 0.3) is 53.2 Å². The van der Waals surface area contributed by atoms with Crippen LogP contribution >= 0.6 is 11.3 Å². The van der Waals surface area contributed by atoms with Crippen LogP contribution in [0.4, 0.5) is 28.4 Å². The van der Waals surface area contributed by atoms with Crippen LogP contribution in [0.2, 0.25) is 0 Å². The minimum atomic E-state index is -0.0574. The van der Waals surface area contributed by atoms with Crippen molar-refractivity contribution in [1.82, 2.24) is 0 Å². The summed E-state index contributed by atoms with van der Waals surface area (Å²) >= 11 is 1.95. The SMILES string of the molecule is CCCCc1ccc(N2B3c4c(cc5ccccc5c4-c4ccccc42)N(c2ccc(CCCC)cc2-c2ccccc2)c2ccc4c(sc5ccccc54)c23)cc1. The van der Waals surface area contributed by atoms with Crippen LogP contribution in [0.3, 0.4) is 0 Å². The monoisotopic (exact) mass is 764 g/mol.